The number of carbonyl (C=O) groups is 1. The van der Waals surface area contributed by atoms with Gasteiger partial charge in [0.2, 0.25) is 5.91 Å². The molecule has 1 heterocycles. The van der Waals surface area contributed by atoms with Crippen molar-refractivity contribution in [1.29, 1.82) is 0 Å². The molecule has 0 saturated heterocycles. The first-order chi connectivity index (χ1) is 11.0. The van der Waals surface area contributed by atoms with E-state index in [9.17, 15) is 4.79 Å². The van der Waals surface area contributed by atoms with Crippen molar-refractivity contribution in [2.75, 3.05) is 0 Å². The van der Waals surface area contributed by atoms with Gasteiger partial charge in [-0.15, -0.1) is 0 Å². The zero-order valence-corrected chi connectivity index (χ0v) is 14.8. The second-order valence-electron chi connectivity index (χ2n) is 5.56. The maximum Gasteiger partial charge on any atom is 0.224 e. The zero-order valence-electron chi connectivity index (χ0n) is 13.3. The summed E-state index contributed by atoms with van der Waals surface area (Å²) in [7, 11) is 0. The summed E-state index contributed by atoms with van der Waals surface area (Å²) in [4.78, 5) is 16.6. The van der Waals surface area contributed by atoms with Crippen LogP contribution in [-0.2, 0) is 17.6 Å². The molecule has 0 unspecified atom stereocenters. The molecule has 23 heavy (non-hydrogen) atoms. The average Bonchev–Trinajstić information content (AvgIpc) is 2.52. The molecule has 0 aliphatic carbocycles. The van der Waals surface area contributed by atoms with Gasteiger partial charge >= 0.3 is 0 Å². The fourth-order valence-corrected chi connectivity index (χ4v) is 2.65. The summed E-state index contributed by atoms with van der Waals surface area (Å²) in [6, 6.07) is 9.11. The Bertz CT molecular complexity index is 671. The van der Waals surface area contributed by atoms with Crippen molar-refractivity contribution in [1.82, 2.24) is 10.3 Å². The molecular formula is C18H20Cl2N2O. The van der Waals surface area contributed by atoms with E-state index >= 15 is 0 Å². The van der Waals surface area contributed by atoms with E-state index in [0.29, 0.717) is 10.0 Å². The van der Waals surface area contributed by atoms with Crippen molar-refractivity contribution >= 4 is 29.1 Å². The SMILES string of the molecule is CCCc1ccc([C@@H](C)NC(=O)Cc2ccc(Cl)c(Cl)c2)nc1. The van der Waals surface area contributed by atoms with Gasteiger partial charge in [-0.25, -0.2) is 0 Å². The minimum atomic E-state index is -0.138. The molecule has 1 aromatic carbocycles. The minimum Gasteiger partial charge on any atom is -0.348 e. The first-order valence-corrected chi connectivity index (χ1v) is 8.43. The van der Waals surface area contributed by atoms with Crippen molar-refractivity contribution in [3.63, 3.8) is 0 Å². The maximum absolute atomic E-state index is 12.1. The van der Waals surface area contributed by atoms with Gasteiger partial charge < -0.3 is 5.32 Å². The van der Waals surface area contributed by atoms with Gasteiger partial charge in [0, 0.05) is 6.20 Å². The third-order valence-electron chi connectivity index (χ3n) is 3.56. The number of halogens is 2. The number of nitrogens with zero attached hydrogens (tertiary/aromatic N) is 1. The predicted octanol–water partition coefficient (Wildman–Crippen LogP) is 4.76. The van der Waals surface area contributed by atoms with Crippen LogP contribution in [-0.4, -0.2) is 10.9 Å². The first-order valence-electron chi connectivity index (χ1n) is 7.67. The highest BCUT2D eigenvalue weighted by Gasteiger charge is 2.12. The Kier molecular flexibility index (Phi) is 6.43. The van der Waals surface area contributed by atoms with Crippen molar-refractivity contribution in [3.8, 4) is 0 Å². The molecule has 0 radical (unpaired) electrons. The summed E-state index contributed by atoms with van der Waals surface area (Å²) in [5.41, 5.74) is 2.90. The molecule has 0 spiro atoms. The van der Waals surface area contributed by atoms with Crippen molar-refractivity contribution in [3.05, 3.63) is 63.4 Å². The van der Waals surface area contributed by atoms with Gasteiger partial charge in [-0.05, 0) is 42.7 Å². The summed E-state index contributed by atoms with van der Waals surface area (Å²) in [6.07, 6.45) is 4.25. The lowest BCUT2D eigenvalue weighted by Crippen LogP contribution is -2.28. The topological polar surface area (TPSA) is 42.0 Å². The van der Waals surface area contributed by atoms with Crippen LogP contribution in [0.25, 0.3) is 0 Å². The minimum absolute atomic E-state index is 0.0738. The molecule has 2 rings (SSSR count). The van der Waals surface area contributed by atoms with Gasteiger partial charge in [-0.1, -0.05) is 48.7 Å². The van der Waals surface area contributed by atoms with Gasteiger partial charge in [-0.3, -0.25) is 9.78 Å². The Hall–Kier alpha value is -1.58. The molecule has 2 aromatic rings. The number of rotatable bonds is 6. The number of aromatic nitrogens is 1. The Morgan fingerprint density at radius 3 is 2.52 bits per heavy atom. The first kappa shape index (κ1) is 17.8. The number of aryl methyl sites for hydroxylation is 1. The van der Waals surface area contributed by atoms with E-state index in [1.54, 1.807) is 18.2 Å². The lowest BCUT2D eigenvalue weighted by atomic mass is 10.1. The molecule has 1 aromatic heterocycles. The Balaban J connectivity index is 1.94. The van der Waals surface area contributed by atoms with Crippen LogP contribution in [0.15, 0.2) is 36.5 Å². The number of carbonyl (C=O) groups excluding carboxylic acids is 1. The Morgan fingerprint density at radius 2 is 1.91 bits per heavy atom. The second kappa shape index (κ2) is 8.32. The summed E-state index contributed by atoms with van der Waals surface area (Å²) >= 11 is 11.8. The molecular weight excluding hydrogens is 331 g/mol. The molecule has 0 aliphatic rings. The summed E-state index contributed by atoms with van der Waals surface area (Å²) < 4.78 is 0. The van der Waals surface area contributed by atoms with Gasteiger partial charge in [0.15, 0.2) is 0 Å². The molecule has 5 heteroatoms. The van der Waals surface area contributed by atoms with Crippen molar-refractivity contribution < 1.29 is 4.79 Å². The van der Waals surface area contributed by atoms with Crippen LogP contribution in [0.2, 0.25) is 10.0 Å². The molecule has 0 bridgehead atoms. The van der Waals surface area contributed by atoms with E-state index in [2.05, 4.69) is 23.3 Å². The van der Waals surface area contributed by atoms with Gasteiger partial charge in [0.05, 0.1) is 28.2 Å². The number of benzene rings is 1. The van der Waals surface area contributed by atoms with Gasteiger partial charge in [0.1, 0.15) is 0 Å². The fourth-order valence-electron chi connectivity index (χ4n) is 2.33. The highest BCUT2D eigenvalue weighted by molar-refractivity contribution is 6.42. The smallest absolute Gasteiger partial charge is 0.224 e. The van der Waals surface area contributed by atoms with E-state index in [0.717, 1.165) is 24.1 Å². The van der Waals surface area contributed by atoms with Gasteiger partial charge in [-0.2, -0.15) is 0 Å². The molecule has 1 N–H and O–H groups in total. The normalized spacial score (nSPS) is 12.0. The summed E-state index contributed by atoms with van der Waals surface area (Å²) in [5, 5.41) is 3.90. The van der Waals surface area contributed by atoms with E-state index in [-0.39, 0.29) is 18.4 Å². The highest BCUT2D eigenvalue weighted by Crippen LogP contribution is 2.23. The number of pyridine rings is 1. The molecule has 1 amide bonds. The van der Waals surface area contributed by atoms with Crippen LogP contribution in [0.4, 0.5) is 0 Å². The highest BCUT2D eigenvalue weighted by atomic mass is 35.5. The molecule has 0 aliphatic heterocycles. The van der Waals surface area contributed by atoms with Gasteiger partial charge in [0.25, 0.3) is 0 Å². The number of hydrogen-bond acceptors (Lipinski definition) is 2. The van der Waals surface area contributed by atoms with Crippen molar-refractivity contribution in [2.24, 2.45) is 0 Å². The maximum atomic E-state index is 12.1. The van der Waals surface area contributed by atoms with Crippen molar-refractivity contribution in [2.45, 2.75) is 39.2 Å². The molecule has 0 fully saturated rings. The summed E-state index contributed by atoms with van der Waals surface area (Å²) in [5.74, 6) is -0.0738. The molecule has 1 atom stereocenters. The van der Waals surface area contributed by atoms with E-state index < -0.39 is 0 Å². The van der Waals surface area contributed by atoms with Crippen LogP contribution < -0.4 is 5.32 Å². The quantitative estimate of drug-likeness (QED) is 0.815. The number of nitrogens with one attached hydrogen (secondary N) is 1. The lowest BCUT2D eigenvalue weighted by molar-refractivity contribution is -0.121. The summed E-state index contributed by atoms with van der Waals surface area (Å²) in [6.45, 7) is 4.06. The average molecular weight is 351 g/mol. The monoisotopic (exact) mass is 350 g/mol. The van der Waals surface area contributed by atoms with E-state index in [1.165, 1.54) is 5.56 Å². The lowest BCUT2D eigenvalue weighted by Gasteiger charge is -2.14. The second-order valence-corrected chi connectivity index (χ2v) is 6.37. The van der Waals surface area contributed by atoms with E-state index in [4.69, 9.17) is 23.2 Å². The third kappa shape index (κ3) is 5.22. The fraction of sp³-hybridized carbons (Fsp3) is 0.333. The Labute approximate surface area is 147 Å². The number of hydrogen-bond donors (Lipinski definition) is 1. The predicted molar refractivity (Wildman–Crippen MR) is 95.0 cm³/mol. The van der Waals surface area contributed by atoms with E-state index in [1.807, 2.05) is 19.2 Å². The molecule has 0 saturated carbocycles. The van der Waals surface area contributed by atoms with Crippen LogP contribution in [0, 0.1) is 0 Å². The van der Waals surface area contributed by atoms with Crippen LogP contribution in [0.5, 0.6) is 0 Å². The Morgan fingerprint density at radius 1 is 1.17 bits per heavy atom. The van der Waals surface area contributed by atoms with Crippen LogP contribution >= 0.6 is 23.2 Å². The zero-order chi connectivity index (χ0) is 16.8. The van der Waals surface area contributed by atoms with Crippen LogP contribution in [0.3, 0.4) is 0 Å². The number of amides is 1. The molecule has 3 nitrogen and oxygen atoms in total. The molecule has 122 valence electrons. The largest absolute Gasteiger partial charge is 0.348 e. The van der Waals surface area contributed by atoms with Crippen LogP contribution in [0.1, 0.15) is 43.1 Å². The third-order valence-corrected chi connectivity index (χ3v) is 4.30. The standard InChI is InChI=1S/C18H20Cl2N2O/c1-3-4-13-6-8-17(21-11-13)12(2)22-18(23)10-14-5-7-15(19)16(20)9-14/h5-9,11-12H,3-4,10H2,1-2H3,(H,22,23)/t12-/m1/s1.